The van der Waals surface area contributed by atoms with Gasteiger partial charge in [-0.2, -0.15) is 0 Å². The van der Waals surface area contributed by atoms with E-state index in [1.165, 1.54) is 30.6 Å². The first-order valence-electron chi connectivity index (χ1n) is 6.53. The number of nitrogens with one attached hydrogen (secondary N) is 1. The van der Waals surface area contributed by atoms with Crippen molar-refractivity contribution in [3.05, 3.63) is 17.3 Å². The highest BCUT2D eigenvalue weighted by Gasteiger charge is 2.21. The van der Waals surface area contributed by atoms with Gasteiger partial charge in [-0.1, -0.05) is 12.8 Å². The van der Waals surface area contributed by atoms with Gasteiger partial charge in [0.15, 0.2) is 0 Å². The maximum absolute atomic E-state index is 12.1. The second-order valence-corrected chi connectivity index (χ2v) is 5.90. The van der Waals surface area contributed by atoms with Crippen LogP contribution in [-0.4, -0.2) is 22.4 Å². The summed E-state index contributed by atoms with van der Waals surface area (Å²) >= 11 is 1.30. The van der Waals surface area contributed by atoms with E-state index in [0.717, 1.165) is 12.3 Å². The summed E-state index contributed by atoms with van der Waals surface area (Å²) in [6.45, 7) is 0.712. The monoisotopic (exact) mass is 276 g/mol. The molecule has 0 bridgehead atoms. The molecule has 0 saturated heterocycles. The second kappa shape index (κ2) is 5.13. The Morgan fingerprint density at radius 2 is 2.21 bits per heavy atom. The molecule has 5 nitrogen and oxygen atoms in total. The van der Waals surface area contributed by atoms with Crippen LogP contribution in [0.5, 0.6) is 0 Å². The molecule has 3 rings (SSSR count). The van der Waals surface area contributed by atoms with E-state index in [2.05, 4.69) is 15.3 Å². The Bertz CT molecular complexity index is 606. The predicted octanol–water partition coefficient (Wildman–Crippen LogP) is 2.19. The average molecular weight is 276 g/mol. The van der Waals surface area contributed by atoms with E-state index in [-0.39, 0.29) is 5.91 Å². The highest BCUT2D eigenvalue weighted by atomic mass is 32.1. The summed E-state index contributed by atoms with van der Waals surface area (Å²) in [7, 11) is 0. The van der Waals surface area contributed by atoms with Gasteiger partial charge in [-0.15, -0.1) is 11.3 Å². The van der Waals surface area contributed by atoms with Crippen LogP contribution in [0.1, 0.15) is 35.4 Å². The number of rotatable bonds is 5. The fraction of sp³-hybridized carbons (Fsp3) is 0.462. The fourth-order valence-electron chi connectivity index (χ4n) is 2.09. The van der Waals surface area contributed by atoms with Crippen LogP contribution < -0.4 is 11.1 Å². The van der Waals surface area contributed by atoms with E-state index >= 15 is 0 Å². The van der Waals surface area contributed by atoms with Gasteiger partial charge in [-0.3, -0.25) is 4.79 Å². The van der Waals surface area contributed by atoms with Crippen molar-refractivity contribution in [3.8, 4) is 0 Å². The summed E-state index contributed by atoms with van der Waals surface area (Å²) in [6, 6.07) is 0. The lowest BCUT2D eigenvalue weighted by Gasteiger charge is -2.03. The Kier molecular flexibility index (Phi) is 3.33. The first-order chi connectivity index (χ1) is 9.25. The number of hydrogen-bond acceptors (Lipinski definition) is 5. The van der Waals surface area contributed by atoms with Gasteiger partial charge in [-0.05, 0) is 18.8 Å². The van der Waals surface area contributed by atoms with Gasteiger partial charge in [0.1, 0.15) is 15.2 Å². The van der Waals surface area contributed by atoms with Crippen molar-refractivity contribution in [1.82, 2.24) is 15.3 Å². The molecule has 0 aromatic carbocycles. The molecule has 1 amide bonds. The number of anilines is 1. The normalized spacial score (nSPS) is 14.7. The quantitative estimate of drug-likeness (QED) is 0.820. The van der Waals surface area contributed by atoms with Crippen LogP contribution >= 0.6 is 11.3 Å². The topological polar surface area (TPSA) is 80.9 Å². The third kappa shape index (κ3) is 2.68. The molecule has 0 atom stereocenters. The highest BCUT2D eigenvalue weighted by molar-refractivity contribution is 7.21. The summed E-state index contributed by atoms with van der Waals surface area (Å²) in [6.07, 6.45) is 8.16. The summed E-state index contributed by atoms with van der Waals surface area (Å²) in [5.74, 6) is 0.790. The minimum Gasteiger partial charge on any atom is -0.396 e. The lowest BCUT2D eigenvalue weighted by atomic mass is 10.2. The van der Waals surface area contributed by atoms with Crippen LogP contribution in [0.4, 0.5) is 5.69 Å². The van der Waals surface area contributed by atoms with Gasteiger partial charge in [0, 0.05) is 18.9 Å². The molecule has 0 aliphatic heterocycles. The summed E-state index contributed by atoms with van der Waals surface area (Å²) in [5.41, 5.74) is 7.01. The Morgan fingerprint density at radius 3 is 2.95 bits per heavy atom. The van der Waals surface area contributed by atoms with E-state index in [1.54, 1.807) is 12.4 Å². The van der Waals surface area contributed by atoms with Gasteiger partial charge >= 0.3 is 0 Å². The van der Waals surface area contributed by atoms with E-state index in [1.807, 2.05) is 0 Å². The average Bonchev–Trinajstić information content (AvgIpc) is 3.19. The maximum atomic E-state index is 12.1. The number of carbonyl (C=O) groups excluding carboxylic acids is 1. The molecule has 1 fully saturated rings. The van der Waals surface area contributed by atoms with Gasteiger partial charge < -0.3 is 11.1 Å². The SMILES string of the molecule is Nc1c(C(=O)NCCCC2CC2)sc2nccnc12. The minimum absolute atomic E-state index is 0.113. The Morgan fingerprint density at radius 1 is 1.42 bits per heavy atom. The van der Waals surface area contributed by atoms with E-state index in [0.29, 0.717) is 27.5 Å². The van der Waals surface area contributed by atoms with Crippen molar-refractivity contribution in [3.63, 3.8) is 0 Å². The van der Waals surface area contributed by atoms with Gasteiger partial charge in [0.05, 0.1) is 5.69 Å². The predicted molar refractivity (Wildman–Crippen MR) is 76.1 cm³/mol. The van der Waals surface area contributed by atoms with E-state index < -0.39 is 0 Å². The van der Waals surface area contributed by atoms with Crippen molar-refractivity contribution < 1.29 is 4.79 Å². The smallest absolute Gasteiger partial charge is 0.263 e. The molecular formula is C13H16N4OS. The zero-order chi connectivity index (χ0) is 13.2. The third-order valence-corrected chi connectivity index (χ3v) is 4.44. The largest absolute Gasteiger partial charge is 0.396 e. The number of fused-ring (bicyclic) bond motifs is 1. The molecule has 100 valence electrons. The minimum atomic E-state index is -0.113. The maximum Gasteiger partial charge on any atom is 0.263 e. The number of thiophene rings is 1. The van der Waals surface area contributed by atoms with Gasteiger partial charge in [0.25, 0.3) is 5.91 Å². The molecule has 1 saturated carbocycles. The van der Waals surface area contributed by atoms with Crippen LogP contribution in [0.2, 0.25) is 0 Å². The van der Waals surface area contributed by atoms with Crippen LogP contribution in [0.15, 0.2) is 12.4 Å². The number of nitrogens with two attached hydrogens (primary N) is 1. The fourth-order valence-corrected chi connectivity index (χ4v) is 3.03. The number of nitrogen functional groups attached to an aromatic ring is 1. The Balaban J connectivity index is 1.65. The third-order valence-electron chi connectivity index (χ3n) is 3.34. The molecule has 0 unspecified atom stereocenters. The van der Waals surface area contributed by atoms with Crippen LogP contribution in [0.3, 0.4) is 0 Å². The first kappa shape index (κ1) is 12.3. The summed E-state index contributed by atoms with van der Waals surface area (Å²) in [4.78, 5) is 21.6. The van der Waals surface area contributed by atoms with Crippen LogP contribution in [0.25, 0.3) is 10.3 Å². The molecule has 0 radical (unpaired) electrons. The molecule has 2 heterocycles. The van der Waals surface area contributed by atoms with Crippen molar-refractivity contribution in [2.24, 2.45) is 5.92 Å². The van der Waals surface area contributed by atoms with E-state index in [9.17, 15) is 4.79 Å². The van der Waals surface area contributed by atoms with E-state index in [4.69, 9.17) is 5.73 Å². The molecule has 6 heteroatoms. The molecular weight excluding hydrogens is 260 g/mol. The standard InChI is InChI=1S/C13H16N4OS/c14-9-10-13(17-7-6-15-10)19-11(9)12(18)16-5-1-2-8-3-4-8/h6-8H,1-5,14H2,(H,16,18). The molecule has 1 aliphatic carbocycles. The zero-order valence-corrected chi connectivity index (χ0v) is 11.4. The number of aromatic nitrogens is 2. The second-order valence-electron chi connectivity index (χ2n) is 4.90. The van der Waals surface area contributed by atoms with Crippen LogP contribution in [0, 0.1) is 5.92 Å². The van der Waals surface area contributed by atoms with Gasteiger partial charge in [-0.25, -0.2) is 9.97 Å². The number of amides is 1. The molecule has 1 aliphatic rings. The Hall–Kier alpha value is -1.69. The van der Waals surface area contributed by atoms with Gasteiger partial charge in [0.2, 0.25) is 0 Å². The molecule has 3 N–H and O–H groups in total. The van der Waals surface area contributed by atoms with Crippen molar-refractivity contribution >= 4 is 33.3 Å². The lowest BCUT2D eigenvalue weighted by Crippen LogP contribution is -2.24. The number of carbonyl (C=O) groups is 1. The number of nitrogens with zero attached hydrogens (tertiary/aromatic N) is 2. The Labute approximate surface area is 115 Å². The lowest BCUT2D eigenvalue weighted by molar-refractivity contribution is 0.0957. The summed E-state index contributed by atoms with van der Waals surface area (Å²) in [5, 5.41) is 2.92. The molecule has 0 spiro atoms. The van der Waals surface area contributed by atoms with Crippen LogP contribution in [-0.2, 0) is 0 Å². The highest BCUT2D eigenvalue weighted by Crippen LogP contribution is 2.33. The van der Waals surface area contributed by atoms with Crippen molar-refractivity contribution in [2.45, 2.75) is 25.7 Å². The molecule has 19 heavy (non-hydrogen) atoms. The number of hydrogen-bond donors (Lipinski definition) is 2. The van der Waals surface area contributed by atoms with Crippen molar-refractivity contribution in [2.75, 3.05) is 12.3 Å². The van der Waals surface area contributed by atoms with Crippen molar-refractivity contribution in [1.29, 1.82) is 0 Å². The molecule has 2 aromatic rings. The summed E-state index contributed by atoms with van der Waals surface area (Å²) < 4.78 is 0. The first-order valence-corrected chi connectivity index (χ1v) is 7.34. The molecule has 2 aromatic heterocycles. The zero-order valence-electron chi connectivity index (χ0n) is 10.6.